The van der Waals surface area contributed by atoms with Gasteiger partial charge in [0.05, 0.1) is 7.11 Å². The van der Waals surface area contributed by atoms with Crippen molar-refractivity contribution in [2.45, 2.75) is 114 Å². The molecule has 0 aromatic heterocycles. The van der Waals surface area contributed by atoms with Gasteiger partial charge in [-0.1, -0.05) is 110 Å². The monoisotopic (exact) mass is 485 g/mol. The van der Waals surface area contributed by atoms with Gasteiger partial charge in [0.15, 0.2) is 0 Å². The van der Waals surface area contributed by atoms with Crippen molar-refractivity contribution >= 4 is 0 Å². The van der Waals surface area contributed by atoms with Crippen molar-refractivity contribution < 1.29 is 4.74 Å². The molecule has 35 heavy (non-hydrogen) atoms. The minimum Gasteiger partial charge on any atom is -0.497 e. The summed E-state index contributed by atoms with van der Waals surface area (Å²) < 4.78 is 4.91. The van der Waals surface area contributed by atoms with Crippen LogP contribution in [0.1, 0.15) is 112 Å². The van der Waals surface area contributed by atoms with Crippen LogP contribution in [0.25, 0.3) is 0 Å². The number of aryl methyl sites for hydroxylation is 2. The number of unbranched alkanes of at least 4 members (excludes halogenated alkanes) is 1. The first-order chi connectivity index (χ1) is 16.5. The van der Waals surface area contributed by atoms with E-state index in [1.165, 1.54) is 55.2 Å². The van der Waals surface area contributed by atoms with Gasteiger partial charge in [-0.05, 0) is 69.1 Å². The lowest BCUT2D eigenvalue weighted by molar-refractivity contribution is 0.302. The van der Waals surface area contributed by atoms with Gasteiger partial charge in [-0.2, -0.15) is 0 Å². The van der Waals surface area contributed by atoms with Crippen LogP contribution in [0.2, 0.25) is 0 Å². The summed E-state index contributed by atoms with van der Waals surface area (Å²) in [5.41, 5.74) is 12.2. The van der Waals surface area contributed by atoms with Gasteiger partial charge in [-0.25, -0.2) is 0 Å². The van der Waals surface area contributed by atoms with Gasteiger partial charge >= 0.3 is 0 Å². The Bertz CT molecular complexity index is 703. The molecule has 1 fully saturated rings. The van der Waals surface area contributed by atoms with E-state index in [0.717, 1.165) is 29.9 Å². The molecular weight excluding hydrogens is 426 g/mol. The summed E-state index contributed by atoms with van der Waals surface area (Å²) in [5.74, 6) is 1.65. The normalized spacial score (nSPS) is 12.2. The Morgan fingerprint density at radius 2 is 1.43 bits per heavy atom. The average Bonchev–Trinajstić information content (AvgIpc) is 2.86. The molecule has 1 aliphatic carbocycles. The predicted molar refractivity (Wildman–Crippen MR) is 162 cm³/mol. The number of benzene rings is 1. The van der Waals surface area contributed by atoms with Gasteiger partial charge in [0.25, 0.3) is 0 Å². The molecule has 2 nitrogen and oxygen atoms in total. The lowest BCUT2D eigenvalue weighted by atomic mass is 9.88. The first kappa shape index (κ1) is 37.3. The molecule has 0 bridgehead atoms. The molecule has 1 aliphatic rings. The smallest absolute Gasteiger partial charge is 0.116 e. The number of hydrogen-bond donors (Lipinski definition) is 1. The van der Waals surface area contributed by atoms with Gasteiger partial charge in [-0.3, -0.25) is 0 Å². The fourth-order valence-electron chi connectivity index (χ4n) is 2.78. The van der Waals surface area contributed by atoms with Crippen LogP contribution in [0, 0.1) is 5.92 Å². The van der Waals surface area contributed by atoms with Gasteiger partial charge < -0.3 is 10.5 Å². The second kappa shape index (κ2) is 24.9. The third kappa shape index (κ3) is 22.0. The Morgan fingerprint density at radius 3 is 1.66 bits per heavy atom. The van der Waals surface area contributed by atoms with E-state index in [1.807, 2.05) is 27.7 Å². The number of methoxy groups -OCH3 is 1. The highest BCUT2D eigenvalue weighted by Gasteiger charge is 2.09. The molecule has 2 rings (SSSR count). The molecule has 0 unspecified atom stereocenters. The van der Waals surface area contributed by atoms with Crippen molar-refractivity contribution in [3.8, 4) is 0 Å². The maximum absolute atomic E-state index is 5.68. The molecule has 1 aromatic carbocycles. The van der Waals surface area contributed by atoms with Crippen LogP contribution < -0.4 is 5.73 Å². The maximum atomic E-state index is 5.68. The van der Waals surface area contributed by atoms with E-state index >= 15 is 0 Å². The Hall–Kier alpha value is -2.22. The molecule has 2 heteroatoms. The van der Waals surface area contributed by atoms with Crippen LogP contribution in [0.5, 0.6) is 0 Å². The zero-order chi connectivity index (χ0) is 27.8. The largest absolute Gasteiger partial charge is 0.497 e. The van der Waals surface area contributed by atoms with Crippen molar-refractivity contribution in [3.05, 3.63) is 83.3 Å². The molecule has 0 heterocycles. The van der Waals surface area contributed by atoms with E-state index in [1.54, 1.807) is 7.11 Å². The van der Waals surface area contributed by atoms with E-state index in [4.69, 9.17) is 10.5 Å². The van der Waals surface area contributed by atoms with Crippen molar-refractivity contribution in [1.29, 1.82) is 0 Å². The van der Waals surface area contributed by atoms with Crippen molar-refractivity contribution in [1.82, 2.24) is 0 Å². The maximum Gasteiger partial charge on any atom is 0.116 e. The quantitative estimate of drug-likeness (QED) is 0.226. The molecule has 2 N–H and O–H groups in total. The topological polar surface area (TPSA) is 35.2 Å². The van der Waals surface area contributed by atoms with Crippen LogP contribution in [-0.2, 0) is 17.6 Å². The molecule has 0 atom stereocenters. The Balaban J connectivity index is -0.000000393. The number of ether oxygens (including phenoxy) is 1. The molecule has 1 aromatic rings. The molecule has 1 saturated carbocycles. The number of hydrogen-bond acceptors (Lipinski definition) is 2. The van der Waals surface area contributed by atoms with Crippen molar-refractivity contribution in [2.24, 2.45) is 11.7 Å². The van der Waals surface area contributed by atoms with Gasteiger partial charge in [-0.15, -0.1) is 6.58 Å². The molecule has 0 spiro atoms. The number of rotatable bonds is 8. The van der Waals surface area contributed by atoms with E-state index in [0.29, 0.717) is 11.5 Å². The van der Waals surface area contributed by atoms with Gasteiger partial charge in [0.1, 0.15) is 5.76 Å². The Morgan fingerprint density at radius 1 is 0.971 bits per heavy atom. The molecule has 0 aliphatic heterocycles. The van der Waals surface area contributed by atoms with Gasteiger partial charge in [0, 0.05) is 11.3 Å². The zero-order valence-corrected chi connectivity index (χ0v) is 25.2. The first-order valence-electron chi connectivity index (χ1n) is 13.6. The van der Waals surface area contributed by atoms with Crippen LogP contribution in [0.3, 0.4) is 0 Å². The average molecular weight is 486 g/mol. The summed E-state index contributed by atoms with van der Waals surface area (Å²) >= 11 is 0. The summed E-state index contributed by atoms with van der Waals surface area (Å²) in [6, 6.07) is 8.77. The molecule has 0 saturated heterocycles. The lowest BCUT2D eigenvalue weighted by Gasteiger charge is -2.18. The minimum atomic E-state index is 0.588. The Labute approximate surface area is 220 Å². The number of nitrogens with two attached hydrogens (primary N) is 1. The molecular formula is C33H59NO. The van der Waals surface area contributed by atoms with Crippen molar-refractivity contribution in [3.63, 3.8) is 0 Å². The minimum absolute atomic E-state index is 0.588. The summed E-state index contributed by atoms with van der Waals surface area (Å²) in [6.07, 6.45) is 10.5. The third-order valence-corrected chi connectivity index (χ3v) is 5.69. The van der Waals surface area contributed by atoms with Crippen LogP contribution in [0.15, 0.2) is 72.2 Å². The zero-order valence-electron chi connectivity index (χ0n) is 25.2. The summed E-state index contributed by atoms with van der Waals surface area (Å²) in [5, 5.41) is 0. The molecule has 0 amide bonds. The van der Waals surface area contributed by atoms with Gasteiger partial charge in [0.2, 0.25) is 0 Å². The standard InChI is InChI=1S/C10H14.C9H15NO.C7H14.C5H10.C2H6/c1-3-9-6-5-7-10(4-2)8-9;1-6(2)9(10)7(3)8(4)11-5;1-4-5-6-7(2)3;1-5-3-2-4-5;1-2/h5-8H,3-4H2,1-2H3;1,4,10H2,2-3,5H3;2,4-6H2,1,3H3;5H,2-4H2,1H3;1-2H3/b;9-7+;;;. The van der Waals surface area contributed by atoms with E-state index in [-0.39, 0.29) is 0 Å². The first-order valence-corrected chi connectivity index (χ1v) is 13.6. The van der Waals surface area contributed by atoms with E-state index < -0.39 is 0 Å². The van der Waals surface area contributed by atoms with E-state index in [9.17, 15) is 0 Å². The Kier molecular flexibility index (Phi) is 26.5. The highest BCUT2D eigenvalue weighted by atomic mass is 16.5. The number of allylic oxidation sites excluding steroid dienone is 3. The van der Waals surface area contributed by atoms with E-state index in [2.05, 4.69) is 78.6 Å². The second-order valence-corrected chi connectivity index (χ2v) is 9.07. The molecule has 202 valence electrons. The second-order valence-electron chi connectivity index (χ2n) is 9.07. The highest BCUT2D eigenvalue weighted by Crippen LogP contribution is 2.24. The summed E-state index contributed by atoms with van der Waals surface area (Å²) in [6.45, 7) is 29.9. The lowest BCUT2D eigenvalue weighted by Crippen LogP contribution is -2.04. The molecule has 0 radical (unpaired) electrons. The summed E-state index contributed by atoms with van der Waals surface area (Å²) in [7, 11) is 1.57. The predicted octanol–water partition coefficient (Wildman–Crippen LogP) is 10.4. The van der Waals surface area contributed by atoms with Crippen LogP contribution in [-0.4, -0.2) is 7.11 Å². The van der Waals surface area contributed by atoms with Crippen LogP contribution in [0.4, 0.5) is 0 Å². The SMILES string of the molecule is C=C(C)CCCC.C=C(OC)/C(C)=C(/N)C(=C)C.CC.CC1CCC1.CCc1cccc(CC)c1. The van der Waals surface area contributed by atoms with Crippen LogP contribution >= 0.6 is 0 Å². The fraction of sp³-hybridized carbons (Fsp3) is 0.576. The summed E-state index contributed by atoms with van der Waals surface area (Å²) in [4.78, 5) is 0. The fourth-order valence-corrected chi connectivity index (χ4v) is 2.78. The highest BCUT2D eigenvalue weighted by molar-refractivity contribution is 5.36. The third-order valence-electron chi connectivity index (χ3n) is 5.69. The van der Waals surface area contributed by atoms with Crippen molar-refractivity contribution in [2.75, 3.05) is 7.11 Å².